The molecule has 0 spiro atoms. The molecule has 1 aliphatic carbocycles. The van der Waals surface area contributed by atoms with Crippen LogP contribution in [0.4, 0.5) is 0 Å². The Morgan fingerprint density at radius 1 is 1.17 bits per heavy atom. The van der Waals surface area contributed by atoms with Crippen LogP contribution in [0, 0.1) is 0 Å². The molecule has 0 amide bonds. The van der Waals surface area contributed by atoms with Crippen LogP contribution in [0.25, 0.3) is 0 Å². The van der Waals surface area contributed by atoms with Gasteiger partial charge in [0.05, 0.1) is 12.7 Å². The van der Waals surface area contributed by atoms with E-state index in [4.69, 9.17) is 4.74 Å². The molecule has 0 heterocycles. The van der Waals surface area contributed by atoms with Gasteiger partial charge in [-0.2, -0.15) is 0 Å². The number of hydrogen-bond donors (Lipinski definition) is 0. The number of benzene rings is 1. The first-order valence-corrected chi connectivity index (χ1v) is 4.61. The lowest BCUT2D eigenvalue weighted by molar-refractivity contribution is 0.122. The Bertz CT molecular complexity index is 226. The van der Waals surface area contributed by atoms with Gasteiger partial charge in [-0.3, -0.25) is 0 Å². The first-order valence-electron chi connectivity index (χ1n) is 4.61. The van der Waals surface area contributed by atoms with Crippen LogP contribution in [0.1, 0.15) is 18.4 Å². The zero-order valence-corrected chi connectivity index (χ0v) is 7.20. The monoisotopic (exact) mass is 162 g/mol. The molecule has 1 aromatic rings. The molecule has 0 aromatic heterocycles. The molecule has 0 atom stereocenters. The zero-order valence-electron chi connectivity index (χ0n) is 7.20. The van der Waals surface area contributed by atoms with Gasteiger partial charge >= 0.3 is 0 Å². The minimum atomic E-state index is 0.591. The van der Waals surface area contributed by atoms with Crippen molar-refractivity contribution < 1.29 is 4.74 Å². The maximum atomic E-state index is 5.56. The fourth-order valence-electron chi connectivity index (χ4n) is 1.22. The highest BCUT2D eigenvalue weighted by Gasteiger charge is 2.21. The van der Waals surface area contributed by atoms with Crippen LogP contribution in [0.15, 0.2) is 30.3 Å². The van der Waals surface area contributed by atoms with E-state index in [0.717, 1.165) is 13.0 Å². The lowest BCUT2D eigenvalue weighted by Crippen LogP contribution is -1.99. The summed E-state index contributed by atoms with van der Waals surface area (Å²) in [5.74, 6) is 0. The molecule has 0 N–H and O–H groups in total. The van der Waals surface area contributed by atoms with Crippen LogP contribution in [0.5, 0.6) is 0 Å². The van der Waals surface area contributed by atoms with Crippen molar-refractivity contribution in [2.45, 2.75) is 25.4 Å². The Morgan fingerprint density at radius 3 is 2.58 bits per heavy atom. The maximum Gasteiger partial charge on any atom is 0.0577 e. The average Bonchev–Trinajstić information content (AvgIpc) is 2.90. The van der Waals surface area contributed by atoms with Crippen molar-refractivity contribution in [2.75, 3.05) is 6.61 Å². The first kappa shape index (κ1) is 7.81. The van der Waals surface area contributed by atoms with Crippen LogP contribution < -0.4 is 0 Å². The van der Waals surface area contributed by atoms with E-state index in [0.29, 0.717) is 6.10 Å². The molecule has 0 saturated heterocycles. The van der Waals surface area contributed by atoms with E-state index in [-0.39, 0.29) is 0 Å². The highest BCUT2D eigenvalue weighted by Crippen LogP contribution is 2.23. The van der Waals surface area contributed by atoms with Crippen LogP contribution in [0.3, 0.4) is 0 Å². The van der Waals surface area contributed by atoms with Gasteiger partial charge in [-0.05, 0) is 24.8 Å². The van der Waals surface area contributed by atoms with Gasteiger partial charge in [-0.25, -0.2) is 0 Å². The van der Waals surface area contributed by atoms with E-state index in [1.807, 2.05) is 6.07 Å². The molecule has 0 radical (unpaired) electrons. The van der Waals surface area contributed by atoms with Gasteiger partial charge in [-0.1, -0.05) is 30.3 Å². The van der Waals surface area contributed by atoms with Gasteiger partial charge in [0, 0.05) is 0 Å². The lowest BCUT2D eigenvalue weighted by atomic mass is 10.2. The van der Waals surface area contributed by atoms with Crippen molar-refractivity contribution in [3.05, 3.63) is 35.9 Å². The standard InChI is InChI=1S/C11H14O/c1-2-4-10(5-3-1)8-9-12-11-6-7-11/h1-5,11H,6-9H2. The average molecular weight is 162 g/mol. The van der Waals surface area contributed by atoms with E-state index in [9.17, 15) is 0 Å². The van der Waals surface area contributed by atoms with Gasteiger partial charge in [-0.15, -0.1) is 0 Å². The highest BCUT2D eigenvalue weighted by atomic mass is 16.5. The van der Waals surface area contributed by atoms with Crippen LogP contribution in [-0.4, -0.2) is 12.7 Å². The van der Waals surface area contributed by atoms with Crippen molar-refractivity contribution in [3.63, 3.8) is 0 Å². The van der Waals surface area contributed by atoms with Crippen molar-refractivity contribution in [3.8, 4) is 0 Å². The quantitative estimate of drug-likeness (QED) is 0.660. The molecule has 12 heavy (non-hydrogen) atoms. The Morgan fingerprint density at radius 2 is 1.92 bits per heavy atom. The van der Waals surface area contributed by atoms with Gasteiger partial charge in [0.2, 0.25) is 0 Å². The van der Waals surface area contributed by atoms with Crippen LogP contribution in [0.2, 0.25) is 0 Å². The molecule has 1 saturated carbocycles. The van der Waals surface area contributed by atoms with Gasteiger partial charge in [0.1, 0.15) is 0 Å². The molecule has 1 fully saturated rings. The summed E-state index contributed by atoms with van der Waals surface area (Å²) in [6.07, 6.45) is 4.19. The molecular formula is C11H14O. The second-order valence-corrected chi connectivity index (χ2v) is 3.31. The van der Waals surface area contributed by atoms with Crippen molar-refractivity contribution in [1.82, 2.24) is 0 Å². The van der Waals surface area contributed by atoms with Gasteiger partial charge < -0.3 is 4.74 Å². The van der Waals surface area contributed by atoms with E-state index >= 15 is 0 Å². The molecule has 1 aliphatic rings. The third-order valence-corrected chi connectivity index (χ3v) is 2.11. The summed E-state index contributed by atoms with van der Waals surface area (Å²) in [5, 5.41) is 0. The Hall–Kier alpha value is -0.820. The van der Waals surface area contributed by atoms with Crippen molar-refractivity contribution in [2.24, 2.45) is 0 Å². The minimum Gasteiger partial charge on any atom is -0.378 e. The molecule has 2 rings (SSSR count). The fraction of sp³-hybridized carbons (Fsp3) is 0.455. The number of ether oxygens (including phenoxy) is 1. The Kier molecular flexibility index (Phi) is 2.42. The lowest BCUT2D eigenvalue weighted by Gasteiger charge is -2.01. The summed E-state index contributed by atoms with van der Waals surface area (Å²) in [5.41, 5.74) is 1.37. The fourth-order valence-corrected chi connectivity index (χ4v) is 1.22. The summed E-state index contributed by atoms with van der Waals surface area (Å²) in [6.45, 7) is 0.884. The van der Waals surface area contributed by atoms with E-state index in [2.05, 4.69) is 24.3 Å². The Labute approximate surface area is 73.4 Å². The highest BCUT2D eigenvalue weighted by molar-refractivity contribution is 5.14. The van der Waals surface area contributed by atoms with Crippen molar-refractivity contribution >= 4 is 0 Å². The summed E-state index contributed by atoms with van der Waals surface area (Å²) < 4.78 is 5.56. The third-order valence-electron chi connectivity index (χ3n) is 2.11. The van der Waals surface area contributed by atoms with Crippen LogP contribution >= 0.6 is 0 Å². The predicted molar refractivity (Wildman–Crippen MR) is 49.1 cm³/mol. The molecule has 0 bridgehead atoms. The zero-order chi connectivity index (χ0) is 8.23. The molecule has 0 aliphatic heterocycles. The van der Waals surface area contributed by atoms with Gasteiger partial charge in [0.15, 0.2) is 0 Å². The van der Waals surface area contributed by atoms with E-state index < -0.39 is 0 Å². The predicted octanol–water partition coefficient (Wildman–Crippen LogP) is 2.41. The summed E-state index contributed by atoms with van der Waals surface area (Å²) in [7, 11) is 0. The topological polar surface area (TPSA) is 9.23 Å². The summed E-state index contributed by atoms with van der Waals surface area (Å²) in [6, 6.07) is 10.5. The Balaban J connectivity index is 1.72. The molecule has 0 unspecified atom stereocenters. The van der Waals surface area contributed by atoms with Crippen LogP contribution in [-0.2, 0) is 11.2 Å². The summed E-state index contributed by atoms with van der Waals surface area (Å²) >= 11 is 0. The SMILES string of the molecule is c1ccc(CCOC2CC2)cc1. The molecule has 1 heteroatoms. The van der Waals surface area contributed by atoms with Gasteiger partial charge in [0.25, 0.3) is 0 Å². The molecule has 1 nitrogen and oxygen atoms in total. The maximum absolute atomic E-state index is 5.56. The number of hydrogen-bond acceptors (Lipinski definition) is 1. The summed E-state index contributed by atoms with van der Waals surface area (Å²) in [4.78, 5) is 0. The first-order chi connectivity index (χ1) is 5.95. The second-order valence-electron chi connectivity index (χ2n) is 3.31. The smallest absolute Gasteiger partial charge is 0.0577 e. The second kappa shape index (κ2) is 3.72. The van der Waals surface area contributed by atoms with E-state index in [1.165, 1.54) is 18.4 Å². The normalized spacial score (nSPS) is 16.3. The molecular weight excluding hydrogens is 148 g/mol. The third kappa shape index (κ3) is 2.35. The van der Waals surface area contributed by atoms with E-state index in [1.54, 1.807) is 0 Å². The van der Waals surface area contributed by atoms with Crippen molar-refractivity contribution in [1.29, 1.82) is 0 Å². The minimum absolute atomic E-state index is 0.591. The molecule has 1 aromatic carbocycles. The number of rotatable bonds is 4. The molecule has 64 valence electrons. The largest absolute Gasteiger partial charge is 0.378 e.